The standard InChI is InChI=1S/C16H27NO3/c1-4-7-13(8-5-2)15(18)17-12-16(3,19)11-14-9-6-10-20-14/h6,9-10,13,19H,4-5,7-8,11-12H2,1-3H3,(H,17,18). The monoisotopic (exact) mass is 281 g/mol. The number of carbonyl (C=O) groups is 1. The minimum Gasteiger partial charge on any atom is -0.469 e. The molecule has 0 radical (unpaired) electrons. The van der Waals surface area contributed by atoms with Crippen molar-refractivity contribution in [1.29, 1.82) is 0 Å². The van der Waals surface area contributed by atoms with Crippen molar-refractivity contribution in [3.63, 3.8) is 0 Å². The molecule has 2 N–H and O–H groups in total. The molecule has 0 bridgehead atoms. The predicted molar refractivity (Wildman–Crippen MR) is 79.4 cm³/mol. The summed E-state index contributed by atoms with van der Waals surface area (Å²) in [4.78, 5) is 12.1. The van der Waals surface area contributed by atoms with Gasteiger partial charge in [-0.3, -0.25) is 4.79 Å². The van der Waals surface area contributed by atoms with Gasteiger partial charge in [0.25, 0.3) is 0 Å². The number of rotatable bonds is 9. The average Bonchev–Trinajstić information content (AvgIpc) is 2.88. The Kier molecular flexibility index (Phi) is 6.79. The first-order valence-corrected chi connectivity index (χ1v) is 7.51. The fraction of sp³-hybridized carbons (Fsp3) is 0.688. The quantitative estimate of drug-likeness (QED) is 0.731. The van der Waals surface area contributed by atoms with Gasteiger partial charge in [0.15, 0.2) is 0 Å². The van der Waals surface area contributed by atoms with Gasteiger partial charge in [0.05, 0.1) is 11.9 Å². The van der Waals surface area contributed by atoms with Crippen LogP contribution in [0.15, 0.2) is 22.8 Å². The average molecular weight is 281 g/mol. The van der Waals surface area contributed by atoms with Crippen LogP contribution in [0.3, 0.4) is 0 Å². The van der Waals surface area contributed by atoms with Crippen molar-refractivity contribution in [3.8, 4) is 0 Å². The van der Waals surface area contributed by atoms with Crippen LogP contribution in [0.1, 0.15) is 52.2 Å². The molecule has 0 saturated heterocycles. The van der Waals surface area contributed by atoms with E-state index in [0.717, 1.165) is 31.4 Å². The van der Waals surface area contributed by atoms with Crippen LogP contribution < -0.4 is 5.32 Å². The van der Waals surface area contributed by atoms with Crippen LogP contribution in [-0.4, -0.2) is 23.2 Å². The zero-order chi connectivity index (χ0) is 15.0. The fourth-order valence-corrected chi connectivity index (χ4v) is 2.38. The zero-order valence-corrected chi connectivity index (χ0v) is 12.8. The molecular weight excluding hydrogens is 254 g/mol. The Morgan fingerprint density at radius 1 is 1.40 bits per heavy atom. The van der Waals surface area contributed by atoms with Crippen molar-refractivity contribution in [3.05, 3.63) is 24.2 Å². The number of nitrogens with one attached hydrogen (secondary N) is 1. The zero-order valence-electron chi connectivity index (χ0n) is 12.8. The molecule has 1 aromatic heterocycles. The summed E-state index contributed by atoms with van der Waals surface area (Å²) >= 11 is 0. The maximum atomic E-state index is 12.1. The second-order valence-electron chi connectivity index (χ2n) is 5.75. The van der Waals surface area contributed by atoms with E-state index in [9.17, 15) is 9.90 Å². The summed E-state index contributed by atoms with van der Waals surface area (Å²) < 4.78 is 5.23. The van der Waals surface area contributed by atoms with E-state index in [4.69, 9.17) is 4.42 Å². The van der Waals surface area contributed by atoms with Crippen molar-refractivity contribution in [1.82, 2.24) is 5.32 Å². The molecule has 1 heterocycles. The molecule has 1 amide bonds. The summed E-state index contributed by atoms with van der Waals surface area (Å²) in [6.07, 6.45) is 5.79. The van der Waals surface area contributed by atoms with Gasteiger partial charge in [0, 0.05) is 18.9 Å². The number of hydrogen-bond acceptors (Lipinski definition) is 3. The van der Waals surface area contributed by atoms with E-state index < -0.39 is 5.60 Å². The number of hydrogen-bond donors (Lipinski definition) is 2. The minimum atomic E-state index is -0.990. The topological polar surface area (TPSA) is 62.5 Å². The molecule has 0 aliphatic heterocycles. The highest BCUT2D eigenvalue weighted by molar-refractivity contribution is 5.78. The van der Waals surface area contributed by atoms with Crippen molar-refractivity contribution in [2.24, 2.45) is 5.92 Å². The largest absolute Gasteiger partial charge is 0.469 e. The first-order valence-electron chi connectivity index (χ1n) is 7.51. The van der Waals surface area contributed by atoms with E-state index in [0.29, 0.717) is 6.42 Å². The van der Waals surface area contributed by atoms with E-state index in [1.807, 2.05) is 6.07 Å². The van der Waals surface area contributed by atoms with Gasteiger partial charge in [-0.2, -0.15) is 0 Å². The molecule has 0 saturated carbocycles. The van der Waals surface area contributed by atoms with Gasteiger partial charge in [0.1, 0.15) is 5.76 Å². The maximum absolute atomic E-state index is 12.1. The van der Waals surface area contributed by atoms with Crippen molar-refractivity contribution in [2.75, 3.05) is 6.54 Å². The second-order valence-corrected chi connectivity index (χ2v) is 5.75. The van der Waals surface area contributed by atoms with Crippen LogP contribution in [0.4, 0.5) is 0 Å². The highest BCUT2D eigenvalue weighted by Gasteiger charge is 2.25. The van der Waals surface area contributed by atoms with Crippen LogP contribution in [0.25, 0.3) is 0 Å². The lowest BCUT2D eigenvalue weighted by atomic mass is 9.96. The van der Waals surface area contributed by atoms with Crippen LogP contribution in [-0.2, 0) is 11.2 Å². The third-order valence-electron chi connectivity index (χ3n) is 3.42. The van der Waals surface area contributed by atoms with Gasteiger partial charge < -0.3 is 14.8 Å². The van der Waals surface area contributed by atoms with Gasteiger partial charge in [-0.15, -0.1) is 0 Å². The smallest absolute Gasteiger partial charge is 0.223 e. The maximum Gasteiger partial charge on any atom is 0.223 e. The molecule has 0 aromatic carbocycles. The summed E-state index contributed by atoms with van der Waals surface area (Å²) in [7, 11) is 0. The van der Waals surface area contributed by atoms with E-state index in [1.54, 1.807) is 19.3 Å². The second kappa shape index (κ2) is 8.10. The van der Waals surface area contributed by atoms with E-state index >= 15 is 0 Å². The van der Waals surface area contributed by atoms with Crippen molar-refractivity contribution < 1.29 is 14.3 Å². The molecule has 4 nitrogen and oxygen atoms in total. The van der Waals surface area contributed by atoms with E-state index in [-0.39, 0.29) is 18.4 Å². The Hall–Kier alpha value is -1.29. The highest BCUT2D eigenvalue weighted by atomic mass is 16.3. The Balaban J connectivity index is 2.45. The lowest BCUT2D eigenvalue weighted by Crippen LogP contribution is -2.44. The molecule has 0 aliphatic rings. The number of carbonyl (C=O) groups excluding carboxylic acids is 1. The summed E-state index contributed by atoms with van der Waals surface area (Å²) in [6, 6.07) is 3.62. The molecule has 0 fully saturated rings. The Labute approximate surface area is 121 Å². The molecule has 0 aliphatic carbocycles. The Morgan fingerprint density at radius 3 is 2.55 bits per heavy atom. The first-order chi connectivity index (χ1) is 9.48. The number of furan rings is 1. The molecule has 114 valence electrons. The van der Waals surface area contributed by atoms with Crippen LogP contribution in [0.2, 0.25) is 0 Å². The van der Waals surface area contributed by atoms with Gasteiger partial charge in [0.2, 0.25) is 5.91 Å². The number of amides is 1. The van der Waals surface area contributed by atoms with Crippen molar-refractivity contribution in [2.45, 2.75) is 58.5 Å². The molecule has 1 unspecified atom stereocenters. The van der Waals surface area contributed by atoms with E-state index in [1.165, 1.54) is 0 Å². The van der Waals surface area contributed by atoms with Crippen LogP contribution in [0, 0.1) is 5.92 Å². The highest BCUT2D eigenvalue weighted by Crippen LogP contribution is 2.16. The first kappa shape index (κ1) is 16.8. The third kappa shape index (κ3) is 5.78. The van der Waals surface area contributed by atoms with Crippen LogP contribution >= 0.6 is 0 Å². The third-order valence-corrected chi connectivity index (χ3v) is 3.42. The summed E-state index contributed by atoms with van der Waals surface area (Å²) in [5.41, 5.74) is -0.990. The van der Waals surface area contributed by atoms with Crippen LogP contribution in [0.5, 0.6) is 0 Å². The fourth-order valence-electron chi connectivity index (χ4n) is 2.38. The van der Waals surface area contributed by atoms with Crippen molar-refractivity contribution >= 4 is 5.91 Å². The van der Waals surface area contributed by atoms with Gasteiger partial charge in [-0.05, 0) is 31.9 Å². The summed E-state index contributed by atoms with van der Waals surface area (Å²) in [5, 5.41) is 13.2. The van der Waals surface area contributed by atoms with Gasteiger partial charge in [-0.25, -0.2) is 0 Å². The molecular formula is C16H27NO3. The predicted octanol–water partition coefficient (Wildman–Crippen LogP) is 2.91. The molecule has 20 heavy (non-hydrogen) atoms. The van der Waals surface area contributed by atoms with Gasteiger partial charge in [-0.1, -0.05) is 26.7 Å². The SMILES string of the molecule is CCCC(CCC)C(=O)NCC(C)(O)Cc1ccco1. The summed E-state index contributed by atoms with van der Waals surface area (Å²) in [5.74, 6) is 0.834. The van der Waals surface area contributed by atoms with E-state index in [2.05, 4.69) is 19.2 Å². The molecule has 1 atom stereocenters. The Morgan fingerprint density at radius 2 is 2.05 bits per heavy atom. The molecule has 4 heteroatoms. The normalized spacial score (nSPS) is 14.2. The molecule has 1 aromatic rings. The molecule has 0 spiro atoms. The van der Waals surface area contributed by atoms with Gasteiger partial charge >= 0.3 is 0 Å². The lowest BCUT2D eigenvalue weighted by Gasteiger charge is -2.24. The Bertz CT molecular complexity index is 378. The minimum absolute atomic E-state index is 0.0495. The lowest BCUT2D eigenvalue weighted by molar-refractivity contribution is -0.126. The molecule has 1 rings (SSSR count). The number of aliphatic hydroxyl groups is 1. The summed E-state index contributed by atoms with van der Waals surface area (Å²) in [6.45, 7) is 6.13.